The van der Waals surface area contributed by atoms with Gasteiger partial charge in [0, 0.05) is 37.1 Å². The topological polar surface area (TPSA) is 107 Å². The van der Waals surface area contributed by atoms with Crippen LogP contribution in [-0.2, 0) is 4.79 Å². The number of halogens is 3. The van der Waals surface area contributed by atoms with Gasteiger partial charge < -0.3 is 4.90 Å². The number of nitro benzene ring substituents is 2. The largest absolute Gasteiger partial charge is 0.471 e. The van der Waals surface area contributed by atoms with Gasteiger partial charge >= 0.3 is 23.5 Å². The molecule has 3 aliphatic rings. The van der Waals surface area contributed by atoms with E-state index in [0.717, 1.165) is 12.1 Å². The van der Waals surface area contributed by atoms with Crippen LogP contribution >= 0.6 is 0 Å². The van der Waals surface area contributed by atoms with Crippen LogP contribution in [0.3, 0.4) is 0 Å². The van der Waals surface area contributed by atoms with Gasteiger partial charge in [-0.15, -0.1) is 0 Å². The Hall–Kier alpha value is -2.72. The number of fused-ring (bicyclic) bond motifs is 3. The average molecular weight is 359 g/mol. The summed E-state index contributed by atoms with van der Waals surface area (Å²) in [6.45, 7) is -0.423. The lowest BCUT2D eigenvalue weighted by Gasteiger charge is -2.25. The minimum Gasteiger partial charge on any atom is -0.334 e. The Morgan fingerprint density at radius 2 is 1.40 bits per heavy atom. The molecule has 2 bridgehead atoms. The monoisotopic (exact) mass is 359 g/mol. The molecule has 1 aliphatic carbocycles. The lowest BCUT2D eigenvalue weighted by atomic mass is 9.78. The molecule has 0 spiro atoms. The average Bonchev–Trinajstić information content (AvgIpc) is 2.82. The maximum atomic E-state index is 12.7. The molecule has 0 radical (unpaired) electrons. The summed E-state index contributed by atoms with van der Waals surface area (Å²) in [4.78, 5) is 32.7. The lowest BCUT2D eigenvalue weighted by Crippen LogP contribution is -2.42. The van der Waals surface area contributed by atoms with Crippen molar-refractivity contribution in [2.45, 2.75) is 30.9 Å². The van der Waals surface area contributed by atoms with E-state index >= 15 is 0 Å². The van der Waals surface area contributed by atoms with Crippen molar-refractivity contribution < 1.29 is 27.8 Å². The molecule has 1 aromatic rings. The summed E-state index contributed by atoms with van der Waals surface area (Å²) in [6, 6.07) is 2.15. The summed E-state index contributed by atoms with van der Waals surface area (Å²) in [5.41, 5.74) is -0.535. The van der Waals surface area contributed by atoms with Crippen LogP contribution in [0.15, 0.2) is 12.1 Å². The van der Waals surface area contributed by atoms with E-state index in [2.05, 4.69) is 0 Å². The van der Waals surface area contributed by atoms with Gasteiger partial charge in [0.15, 0.2) is 0 Å². The Morgan fingerprint density at radius 3 is 1.72 bits per heavy atom. The highest BCUT2D eigenvalue weighted by Gasteiger charge is 2.47. The van der Waals surface area contributed by atoms with Gasteiger partial charge in [0.2, 0.25) is 0 Å². The number of alkyl halides is 3. The molecule has 2 unspecified atom stereocenters. The zero-order chi connectivity index (χ0) is 18.5. The Kier molecular flexibility index (Phi) is 3.88. The quantitative estimate of drug-likeness (QED) is 0.596. The van der Waals surface area contributed by atoms with E-state index in [0.29, 0.717) is 28.9 Å². The van der Waals surface area contributed by atoms with Gasteiger partial charge in [-0.25, -0.2) is 0 Å². The molecule has 1 aromatic carbocycles. The van der Waals surface area contributed by atoms with Gasteiger partial charge in [-0.05, 0) is 24.0 Å². The summed E-state index contributed by atoms with van der Waals surface area (Å²) in [5.74, 6) is -2.99. The summed E-state index contributed by atoms with van der Waals surface area (Å²) in [6.07, 6.45) is -4.07. The minimum absolute atomic E-state index is 0.211. The number of carbonyl (C=O) groups is 1. The van der Waals surface area contributed by atoms with Gasteiger partial charge in [-0.3, -0.25) is 25.0 Å². The highest BCUT2D eigenvalue weighted by molar-refractivity contribution is 5.82. The first-order chi connectivity index (χ1) is 11.6. The van der Waals surface area contributed by atoms with E-state index in [1.54, 1.807) is 0 Å². The summed E-state index contributed by atoms with van der Waals surface area (Å²) >= 11 is 0. The Bertz CT molecular complexity index is 729. The molecule has 11 heteroatoms. The molecule has 1 fully saturated rings. The normalized spacial score (nSPS) is 22.3. The second-order valence-corrected chi connectivity index (χ2v) is 6.16. The molecule has 4 rings (SSSR count). The Labute approximate surface area is 138 Å². The van der Waals surface area contributed by atoms with Crippen LogP contribution in [0.25, 0.3) is 0 Å². The fraction of sp³-hybridized carbons (Fsp3) is 0.500. The fourth-order valence-electron chi connectivity index (χ4n) is 3.65. The van der Waals surface area contributed by atoms with Crippen molar-refractivity contribution in [3.05, 3.63) is 43.5 Å². The fourth-order valence-corrected chi connectivity index (χ4v) is 3.65. The number of hydrogen-bond acceptors (Lipinski definition) is 5. The maximum Gasteiger partial charge on any atom is 0.471 e. The highest BCUT2D eigenvalue weighted by atomic mass is 19.4. The predicted molar refractivity (Wildman–Crippen MR) is 77.1 cm³/mol. The van der Waals surface area contributed by atoms with E-state index in [9.17, 15) is 38.2 Å². The molecule has 2 atom stereocenters. The lowest BCUT2D eigenvalue weighted by molar-refractivity contribution is -0.422. The van der Waals surface area contributed by atoms with E-state index in [1.807, 2.05) is 0 Å². The Morgan fingerprint density at radius 1 is 1.00 bits per heavy atom. The van der Waals surface area contributed by atoms with Crippen LogP contribution in [0, 0.1) is 20.2 Å². The second kappa shape index (κ2) is 5.67. The molecular weight excluding hydrogens is 347 g/mol. The molecule has 0 saturated carbocycles. The van der Waals surface area contributed by atoms with Gasteiger partial charge in [0.25, 0.3) is 0 Å². The third-order valence-electron chi connectivity index (χ3n) is 4.73. The number of benzene rings is 1. The van der Waals surface area contributed by atoms with Crippen LogP contribution in [-0.4, -0.2) is 39.9 Å². The number of carbonyl (C=O) groups excluding carboxylic acids is 1. The van der Waals surface area contributed by atoms with E-state index in [1.165, 1.54) is 0 Å². The number of hydrogen-bond donors (Lipinski definition) is 0. The molecule has 8 nitrogen and oxygen atoms in total. The third-order valence-corrected chi connectivity index (χ3v) is 4.73. The summed E-state index contributed by atoms with van der Waals surface area (Å²) in [5, 5.41) is 22.2. The van der Waals surface area contributed by atoms with Crippen molar-refractivity contribution in [3.8, 4) is 0 Å². The zero-order valence-corrected chi connectivity index (χ0v) is 12.7. The molecule has 1 saturated heterocycles. The van der Waals surface area contributed by atoms with Crippen LogP contribution in [0.1, 0.15) is 35.8 Å². The number of nitro groups is 2. The molecule has 25 heavy (non-hydrogen) atoms. The standard InChI is InChI=1S/C14H12F3N3O5/c15-14(16,17)13(21)18-5-7-1-2-8(6-18)10-4-12(20(24)25)11(19(22)23)3-9(7)10/h3-4,7-8H,1-2,5-6H2. The van der Waals surface area contributed by atoms with Crippen molar-refractivity contribution in [1.29, 1.82) is 0 Å². The van der Waals surface area contributed by atoms with Crippen molar-refractivity contribution in [2.24, 2.45) is 0 Å². The van der Waals surface area contributed by atoms with Gasteiger partial charge in [-0.2, -0.15) is 13.2 Å². The number of nitrogens with zero attached hydrogens (tertiary/aromatic N) is 3. The smallest absolute Gasteiger partial charge is 0.334 e. The van der Waals surface area contributed by atoms with Crippen molar-refractivity contribution >= 4 is 17.3 Å². The van der Waals surface area contributed by atoms with Crippen LogP contribution < -0.4 is 0 Å². The first-order valence-electron chi connectivity index (χ1n) is 7.42. The predicted octanol–water partition coefficient (Wildman–Crippen LogP) is 2.87. The van der Waals surface area contributed by atoms with E-state index in [-0.39, 0.29) is 13.1 Å². The first-order valence-corrected chi connectivity index (χ1v) is 7.42. The summed E-state index contributed by atoms with van der Waals surface area (Å²) < 4.78 is 38.2. The van der Waals surface area contributed by atoms with E-state index in [4.69, 9.17) is 0 Å². The number of rotatable bonds is 2. The summed E-state index contributed by atoms with van der Waals surface area (Å²) in [7, 11) is 0. The van der Waals surface area contributed by atoms with Crippen LogP contribution in [0.5, 0.6) is 0 Å². The minimum atomic E-state index is -5.01. The molecule has 0 aromatic heterocycles. The van der Waals surface area contributed by atoms with Gasteiger partial charge in [-0.1, -0.05) is 0 Å². The molecule has 0 N–H and O–H groups in total. The Balaban J connectivity index is 2.07. The van der Waals surface area contributed by atoms with Gasteiger partial charge in [0.05, 0.1) is 9.85 Å². The van der Waals surface area contributed by atoms with Crippen molar-refractivity contribution in [2.75, 3.05) is 13.1 Å². The maximum absolute atomic E-state index is 12.7. The van der Waals surface area contributed by atoms with E-state index < -0.39 is 45.1 Å². The van der Waals surface area contributed by atoms with Crippen molar-refractivity contribution in [3.63, 3.8) is 0 Å². The highest BCUT2D eigenvalue weighted by Crippen LogP contribution is 2.47. The second-order valence-electron chi connectivity index (χ2n) is 6.16. The van der Waals surface area contributed by atoms with Crippen LogP contribution in [0.2, 0.25) is 0 Å². The number of amides is 1. The SMILES string of the molecule is O=C(N1CC2CCC(C1)c1cc([N+](=O)[O-])c([N+](=O)[O-])cc12)C(F)(F)F. The molecule has 1 amide bonds. The molecule has 134 valence electrons. The van der Waals surface area contributed by atoms with Crippen molar-refractivity contribution in [1.82, 2.24) is 4.90 Å². The zero-order valence-electron chi connectivity index (χ0n) is 12.7. The van der Waals surface area contributed by atoms with Crippen LogP contribution in [0.4, 0.5) is 24.5 Å². The third kappa shape index (κ3) is 2.89. The molecular formula is C14H12F3N3O5. The molecule has 2 heterocycles. The van der Waals surface area contributed by atoms with Gasteiger partial charge in [0.1, 0.15) is 0 Å². The molecule has 2 aliphatic heterocycles. The first kappa shape index (κ1) is 17.1.